The molecule has 0 aliphatic carbocycles. The molecule has 0 aliphatic heterocycles. The Morgan fingerprint density at radius 1 is 0.950 bits per heavy atom. The zero-order valence-electron chi connectivity index (χ0n) is 11.0. The summed E-state index contributed by atoms with van der Waals surface area (Å²) < 4.78 is 0. The molecule has 0 atom stereocenters. The molecule has 0 saturated carbocycles. The average Bonchev–Trinajstić information content (AvgIpc) is 2.47. The van der Waals surface area contributed by atoms with Crippen LogP contribution in [0, 0.1) is 0 Å². The van der Waals surface area contributed by atoms with E-state index in [0.717, 1.165) is 39.2 Å². The maximum Gasteiger partial charge on any atom is 0.0705 e. The first-order valence-corrected chi connectivity index (χ1v) is 6.96. The zero-order valence-corrected chi connectivity index (χ0v) is 11.8. The fraction of sp³-hybridized carbons (Fsp3) is 0.118. The number of hydrogen-bond donors (Lipinski definition) is 1. The molecule has 3 heteroatoms. The van der Waals surface area contributed by atoms with Gasteiger partial charge in [-0.2, -0.15) is 0 Å². The van der Waals surface area contributed by atoms with E-state index in [4.69, 9.17) is 22.3 Å². The Kier molecular flexibility index (Phi) is 3.68. The lowest BCUT2D eigenvalue weighted by Gasteiger charge is -2.09. The van der Waals surface area contributed by atoms with Gasteiger partial charge in [-0.15, -0.1) is 0 Å². The number of halogens is 1. The monoisotopic (exact) mass is 282 g/mol. The maximum absolute atomic E-state index is 6.07. The van der Waals surface area contributed by atoms with Crippen LogP contribution in [-0.4, -0.2) is 4.98 Å². The number of para-hydroxylation sites is 1. The van der Waals surface area contributed by atoms with Crippen LogP contribution in [0.25, 0.3) is 10.9 Å². The van der Waals surface area contributed by atoms with E-state index in [-0.39, 0.29) is 0 Å². The molecule has 3 aromatic rings. The molecule has 1 aromatic heterocycles. The second-order valence-electron chi connectivity index (χ2n) is 4.79. The van der Waals surface area contributed by atoms with Crippen molar-refractivity contribution >= 4 is 22.5 Å². The van der Waals surface area contributed by atoms with E-state index in [2.05, 4.69) is 18.2 Å². The third-order valence-electron chi connectivity index (χ3n) is 3.42. The SMILES string of the molecule is NCc1ccc(Cl)cc1Cc1ccc2ccccc2n1. The summed E-state index contributed by atoms with van der Waals surface area (Å²) in [5.41, 5.74) is 10.1. The number of nitrogens with zero attached hydrogens (tertiary/aromatic N) is 1. The van der Waals surface area contributed by atoms with Gasteiger partial charge >= 0.3 is 0 Å². The second kappa shape index (κ2) is 5.61. The Hall–Kier alpha value is -1.90. The first-order chi connectivity index (χ1) is 9.76. The molecule has 2 N–H and O–H groups in total. The van der Waals surface area contributed by atoms with E-state index in [1.165, 1.54) is 0 Å². The quantitative estimate of drug-likeness (QED) is 0.790. The lowest BCUT2D eigenvalue weighted by atomic mass is 10.0. The molecule has 0 aliphatic rings. The molecule has 0 bridgehead atoms. The van der Waals surface area contributed by atoms with Gasteiger partial charge in [0, 0.05) is 29.1 Å². The van der Waals surface area contributed by atoms with Crippen LogP contribution in [0.15, 0.2) is 54.6 Å². The number of pyridine rings is 1. The van der Waals surface area contributed by atoms with Crippen molar-refractivity contribution in [1.82, 2.24) is 4.98 Å². The Morgan fingerprint density at radius 3 is 2.65 bits per heavy atom. The van der Waals surface area contributed by atoms with Crippen molar-refractivity contribution in [1.29, 1.82) is 0 Å². The molecule has 1 heterocycles. The van der Waals surface area contributed by atoms with E-state index >= 15 is 0 Å². The van der Waals surface area contributed by atoms with Gasteiger partial charge in [0.2, 0.25) is 0 Å². The summed E-state index contributed by atoms with van der Waals surface area (Å²) in [6.07, 6.45) is 0.748. The summed E-state index contributed by atoms with van der Waals surface area (Å²) in [5, 5.41) is 1.89. The van der Waals surface area contributed by atoms with E-state index in [0.29, 0.717) is 6.54 Å². The van der Waals surface area contributed by atoms with Crippen molar-refractivity contribution < 1.29 is 0 Å². The molecule has 2 nitrogen and oxygen atoms in total. The first-order valence-electron chi connectivity index (χ1n) is 6.58. The number of aromatic nitrogens is 1. The second-order valence-corrected chi connectivity index (χ2v) is 5.23. The standard InChI is InChI=1S/C17H15ClN2/c18-15-7-5-13(11-19)14(9-15)10-16-8-6-12-3-1-2-4-17(12)20-16/h1-9H,10-11,19H2. The van der Waals surface area contributed by atoms with Gasteiger partial charge in [0.25, 0.3) is 0 Å². The van der Waals surface area contributed by atoms with E-state index in [1.54, 1.807) is 0 Å². The third-order valence-corrected chi connectivity index (χ3v) is 3.65. The van der Waals surface area contributed by atoms with E-state index in [9.17, 15) is 0 Å². The van der Waals surface area contributed by atoms with E-state index in [1.807, 2.05) is 36.4 Å². The summed E-state index contributed by atoms with van der Waals surface area (Å²) >= 11 is 6.07. The average molecular weight is 283 g/mol. The van der Waals surface area contributed by atoms with Crippen molar-refractivity contribution in [3.8, 4) is 0 Å². The molecule has 0 radical (unpaired) electrons. The topological polar surface area (TPSA) is 38.9 Å². The summed E-state index contributed by atoms with van der Waals surface area (Å²) in [6, 6.07) is 18.1. The van der Waals surface area contributed by atoms with Crippen molar-refractivity contribution in [2.45, 2.75) is 13.0 Å². The van der Waals surface area contributed by atoms with Crippen molar-refractivity contribution in [3.63, 3.8) is 0 Å². The lowest BCUT2D eigenvalue weighted by Crippen LogP contribution is -2.03. The van der Waals surface area contributed by atoms with Crippen LogP contribution >= 0.6 is 11.6 Å². The van der Waals surface area contributed by atoms with Gasteiger partial charge in [-0.3, -0.25) is 4.98 Å². The highest BCUT2D eigenvalue weighted by molar-refractivity contribution is 6.30. The van der Waals surface area contributed by atoms with Gasteiger partial charge in [0.1, 0.15) is 0 Å². The minimum absolute atomic E-state index is 0.514. The molecule has 0 fully saturated rings. The largest absolute Gasteiger partial charge is 0.326 e. The predicted molar refractivity (Wildman–Crippen MR) is 83.9 cm³/mol. The Bertz CT molecular complexity index is 753. The molecule has 0 amide bonds. The molecule has 3 rings (SSSR count). The van der Waals surface area contributed by atoms with Crippen LogP contribution in [-0.2, 0) is 13.0 Å². The maximum atomic E-state index is 6.07. The van der Waals surface area contributed by atoms with Crippen LogP contribution in [0.4, 0.5) is 0 Å². The molecule has 0 unspecified atom stereocenters. The van der Waals surface area contributed by atoms with E-state index < -0.39 is 0 Å². The van der Waals surface area contributed by atoms with Gasteiger partial charge in [-0.05, 0) is 35.4 Å². The van der Waals surface area contributed by atoms with Gasteiger partial charge in [-0.1, -0.05) is 41.9 Å². The molecule has 0 spiro atoms. The number of nitrogens with two attached hydrogens (primary N) is 1. The summed E-state index contributed by atoms with van der Waals surface area (Å²) in [6.45, 7) is 0.514. The van der Waals surface area contributed by atoms with Gasteiger partial charge in [0.15, 0.2) is 0 Å². The van der Waals surface area contributed by atoms with Crippen molar-refractivity contribution in [2.24, 2.45) is 5.73 Å². The zero-order chi connectivity index (χ0) is 13.9. The predicted octanol–water partition coefficient (Wildman–Crippen LogP) is 3.94. The number of rotatable bonds is 3. The van der Waals surface area contributed by atoms with Crippen LogP contribution in [0.3, 0.4) is 0 Å². The number of fused-ring (bicyclic) bond motifs is 1. The highest BCUT2D eigenvalue weighted by atomic mass is 35.5. The molecular formula is C17H15ClN2. The van der Waals surface area contributed by atoms with Crippen LogP contribution in [0.5, 0.6) is 0 Å². The van der Waals surface area contributed by atoms with Crippen LogP contribution in [0.2, 0.25) is 5.02 Å². The van der Waals surface area contributed by atoms with Crippen LogP contribution in [0.1, 0.15) is 16.8 Å². The van der Waals surface area contributed by atoms with Gasteiger partial charge in [0.05, 0.1) is 5.52 Å². The summed E-state index contributed by atoms with van der Waals surface area (Å²) in [7, 11) is 0. The van der Waals surface area contributed by atoms with Crippen molar-refractivity contribution in [2.75, 3.05) is 0 Å². The third kappa shape index (κ3) is 2.67. The smallest absolute Gasteiger partial charge is 0.0705 e. The summed E-state index contributed by atoms with van der Waals surface area (Å²) in [4.78, 5) is 4.69. The normalized spacial score (nSPS) is 10.9. The molecular weight excluding hydrogens is 268 g/mol. The van der Waals surface area contributed by atoms with Gasteiger partial charge < -0.3 is 5.73 Å². The van der Waals surface area contributed by atoms with Crippen LogP contribution < -0.4 is 5.73 Å². The highest BCUT2D eigenvalue weighted by Gasteiger charge is 2.05. The minimum Gasteiger partial charge on any atom is -0.326 e. The molecule has 2 aromatic carbocycles. The molecule has 0 saturated heterocycles. The molecule has 100 valence electrons. The van der Waals surface area contributed by atoms with Gasteiger partial charge in [-0.25, -0.2) is 0 Å². The number of hydrogen-bond acceptors (Lipinski definition) is 2. The highest BCUT2D eigenvalue weighted by Crippen LogP contribution is 2.20. The minimum atomic E-state index is 0.514. The Morgan fingerprint density at radius 2 is 1.80 bits per heavy atom. The molecule has 20 heavy (non-hydrogen) atoms. The first kappa shape index (κ1) is 13.1. The number of benzene rings is 2. The van der Waals surface area contributed by atoms with Crippen molar-refractivity contribution in [3.05, 3.63) is 76.4 Å². The fourth-order valence-electron chi connectivity index (χ4n) is 2.36. The lowest BCUT2D eigenvalue weighted by molar-refractivity contribution is 1.00. The Balaban J connectivity index is 1.98. The Labute approximate surface area is 123 Å². The summed E-state index contributed by atoms with van der Waals surface area (Å²) in [5.74, 6) is 0. The fourth-order valence-corrected chi connectivity index (χ4v) is 2.55.